The van der Waals surface area contributed by atoms with Crippen molar-refractivity contribution in [2.24, 2.45) is 0 Å². The number of hydrogen-bond acceptors (Lipinski definition) is 4. The molecule has 2 heterocycles. The molecule has 2 aromatic rings. The summed E-state index contributed by atoms with van der Waals surface area (Å²) in [6, 6.07) is 2.50. The van der Waals surface area contributed by atoms with Crippen molar-refractivity contribution < 1.29 is 5.11 Å². The van der Waals surface area contributed by atoms with Gasteiger partial charge in [0.15, 0.2) is 5.16 Å². The summed E-state index contributed by atoms with van der Waals surface area (Å²) in [7, 11) is 0. The molecule has 0 aromatic carbocycles. The molecule has 0 amide bonds. The third-order valence-corrected chi connectivity index (χ3v) is 4.61. The Balaban J connectivity index is 2.24. The van der Waals surface area contributed by atoms with Crippen LogP contribution in [0.15, 0.2) is 17.4 Å². The zero-order valence-electron chi connectivity index (χ0n) is 12.3. The van der Waals surface area contributed by atoms with Crippen LogP contribution in [0.25, 0.3) is 11.0 Å². The van der Waals surface area contributed by atoms with Gasteiger partial charge in [0.2, 0.25) is 0 Å². The molecule has 0 unspecified atom stereocenters. The summed E-state index contributed by atoms with van der Waals surface area (Å²) in [6.07, 6.45) is 8.72. The second-order valence-electron chi connectivity index (χ2n) is 6.03. The highest BCUT2D eigenvalue weighted by Crippen LogP contribution is 2.37. The summed E-state index contributed by atoms with van der Waals surface area (Å²) < 4.78 is 2.25. The van der Waals surface area contributed by atoms with Gasteiger partial charge in [0.1, 0.15) is 5.65 Å². The molecular weight excluding hydrogens is 270 g/mol. The molecule has 108 valence electrons. The van der Waals surface area contributed by atoms with E-state index in [-0.39, 0.29) is 0 Å². The van der Waals surface area contributed by atoms with Gasteiger partial charge in [-0.05, 0) is 39.0 Å². The lowest BCUT2D eigenvalue weighted by Crippen LogP contribution is -2.22. The molecule has 1 aliphatic carbocycles. The van der Waals surface area contributed by atoms with E-state index in [4.69, 9.17) is 0 Å². The van der Waals surface area contributed by atoms with Crippen LogP contribution >= 0.6 is 11.8 Å². The Morgan fingerprint density at radius 1 is 1.35 bits per heavy atom. The van der Waals surface area contributed by atoms with Crippen molar-refractivity contribution >= 4 is 22.8 Å². The van der Waals surface area contributed by atoms with E-state index >= 15 is 0 Å². The second kappa shape index (κ2) is 5.04. The minimum atomic E-state index is -0.858. The van der Waals surface area contributed by atoms with Crippen molar-refractivity contribution in [2.45, 2.75) is 56.3 Å². The summed E-state index contributed by atoms with van der Waals surface area (Å²) in [5.74, 6) is 0. The molecule has 4 nitrogen and oxygen atoms in total. The van der Waals surface area contributed by atoms with Crippen molar-refractivity contribution in [3.05, 3.63) is 18.0 Å². The third kappa shape index (κ3) is 2.33. The Bertz CT molecular complexity index is 624. The molecule has 0 bridgehead atoms. The normalized spacial score (nSPS) is 17.2. The summed E-state index contributed by atoms with van der Waals surface area (Å²) in [6.45, 7) is 3.69. The highest BCUT2D eigenvalue weighted by Gasteiger charge is 2.29. The Morgan fingerprint density at radius 2 is 2.05 bits per heavy atom. The van der Waals surface area contributed by atoms with Gasteiger partial charge < -0.3 is 9.67 Å². The van der Waals surface area contributed by atoms with Crippen LogP contribution in [-0.2, 0) is 5.60 Å². The Hall–Kier alpha value is -1.07. The quantitative estimate of drug-likeness (QED) is 0.694. The molecular formula is C15H21N3OS. The van der Waals surface area contributed by atoms with Gasteiger partial charge in [-0.3, -0.25) is 0 Å². The Morgan fingerprint density at radius 3 is 2.65 bits per heavy atom. The molecule has 5 heteroatoms. The molecule has 0 radical (unpaired) electrons. The first-order valence-electron chi connectivity index (χ1n) is 7.15. The van der Waals surface area contributed by atoms with Gasteiger partial charge in [0, 0.05) is 17.6 Å². The van der Waals surface area contributed by atoms with Crippen LogP contribution in [0.3, 0.4) is 0 Å². The van der Waals surface area contributed by atoms with E-state index in [9.17, 15) is 5.11 Å². The maximum atomic E-state index is 10.5. The molecule has 0 spiro atoms. The monoisotopic (exact) mass is 291 g/mol. The third-order valence-electron chi connectivity index (χ3n) is 4.05. The average molecular weight is 291 g/mol. The van der Waals surface area contributed by atoms with Gasteiger partial charge in [-0.2, -0.15) is 0 Å². The number of aliphatic hydroxyl groups is 1. The molecule has 20 heavy (non-hydrogen) atoms. The number of hydrogen-bond donors (Lipinski definition) is 1. The fourth-order valence-corrected chi connectivity index (χ4v) is 3.43. The van der Waals surface area contributed by atoms with Gasteiger partial charge in [-0.15, -0.1) is 0 Å². The zero-order valence-corrected chi connectivity index (χ0v) is 13.1. The summed E-state index contributed by atoms with van der Waals surface area (Å²) in [5, 5.41) is 12.3. The lowest BCUT2D eigenvalue weighted by Gasteiger charge is -2.24. The number of thioether (sulfide) groups is 1. The molecule has 1 aliphatic rings. The van der Waals surface area contributed by atoms with E-state index in [1.54, 1.807) is 11.8 Å². The van der Waals surface area contributed by atoms with E-state index in [0.717, 1.165) is 21.9 Å². The first kappa shape index (κ1) is 13.9. The highest BCUT2D eigenvalue weighted by molar-refractivity contribution is 7.98. The number of aromatic nitrogens is 3. The Kier molecular flexibility index (Phi) is 3.50. The molecule has 1 fully saturated rings. The van der Waals surface area contributed by atoms with Crippen molar-refractivity contribution in [1.82, 2.24) is 14.5 Å². The van der Waals surface area contributed by atoms with Crippen molar-refractivity contribution in [3.63, 3.8) is 0 Å². The van der Waals surface area contributed by atoms with Crippen LogP contribution in [0.4, 0.5) is 0 Å². The van der Waals surface area contributed by atoms with Gasteiger partial charge in [-0.1, -0.05) is 24.6 Å². The first-order chi connectivity index (χ1) is 9.50. The van der Waals surface area contributed by atoms with E-state index in [1.807, 2.05) is 32.4 Å². The Labute approximate surface area is 123 Å². The fraction of sp³-hybridized carbons (Fsp3) is 0.600. The fourth-order valence-electron chi connectivity index (χ4n) is 3.09. The SMILES string of the molecule is CSc1ncc2cc(C(C)(C)O)n(C3CCCC3)c2n1. The van der Waals surface area contributed by atoms with Crippen molar-refractivity contribution in [2.75, 3.05) is 6.26 Å². The lowest BCUT2D eigenvalue weighted by atomic mass is 10.0. The molecule has 1 N–H and O–H groups in total. The molecule has 1 saturated carbocycles. The molecule has 0 aliphatic heterocycles. The molecule has 0 saturated heterocycles. The predicted molar refractivity (Wildman–Crippen MR) is 82.1 cm³/mol. The van der Waals surface area contributed by atoms with Crippen LogP contribution in [-0.4, -0.2) is 25.9 Å². The van der Waals surface area contributed by atoms with Crippen LogP contribution < -0.4 is 0 Å². The second-order valence-corrected chi connectivity index (χ2v) is 6.81. The van der Waals surface area contributed by atoms with Gasteiger partial charge >= 0.3 is 0 Å². The van der Waals surface area contributed by atoms with Crippen LogP contribution in [0, 0.1) is 0 Å². The maximum absolute atomic E-state index is 10.5. The summed E-state index contributed by atoms with van der Waals surface area (Å²) in [4.78, 5) is 9.02. The largest absolute Gasteiger partial charge is 0.384 e. The molecule has 3 rings (SSSR count). The standard InChI is InChI=1S/C15H21N3OS/c1-15(2,19)12-8-10-9-16-14(20-3)17-13(10)18(12)11-6-4-5-7-11/h8-9,11,19H,4-7H2,1-3H3. The highest BCUT2D eigenvalue weighted by atomic mass is 32.2. The van der Waals surface area contributed by atoms with E-state index in [2.05, 4.69) is 14.5 Å². The number of fused-ring (bicyclic) bond motifs is 1. The maximum Gasteiger partial charge on any atom is 0.189 e. The van der Waals surface area contributed by atoms with Gasteiger partial charge in [-0.25, -0.2) is 9.97 Å². The number of nitrogens with zero attached hydrogens (tertiary/aromatic N) is 3. The smallest absolute Gasteiger partial charge is 0.189 e. The zero-order chi connectivity index (χ0) is 14.3. The minimum Gasteiger partial charge on any atom is -0.384 e. The van der Waals surface area contributed by atoms with E-state index in [1.165, 1.54) is 25.7 Å². The van der Waals surface area contributed by atoms with Gasteiger partial charge in [0.05, 0.1) is 11.3 Å². The first-order valence-corrected chi connectivity index (χ1v) is 8.38. The van der Waals surface area contributed by atoms with E-state index < -0.39 is 5.60 Å². The molecule has 2 aromatic heterocycles. The van der Waals surface area contributed by atoms with Crippen LogP contribution in [0.2, 0.25) is 0 Å². The van der Waals surface area contributed by atoms with Crippen LogP contribution in [0.1, 0.15) is 51.3 Å². The lowest BCUT2D eigenvalue weighted by molar-refractivity contribution is 0.0685. The van der Waals surface area contributed by atoms with Crippen molar-refractivity contribution in [3.8, 4) is 0 Å². The average Bonchev–Trinajstić information content (AvgIpc) is 3.03. The topological polar surface area (TPSA) is 50.9 Å². The molecule has 0 atom stereocenters. The van der Waals surface area contributed by atoms with Crippen molar-refractivity contribution in [1.29, 1.82) is 0 Å². The summed E-state index contributed by atoms with van der Waals surface area (Å²) in [5.41, 5.74) is 1.06. The number of rotatable bonds is 3. The van der Waals surface area contributed by atoms with E-state index in [0.29, 0.717) is 6.04 Å². The minimum absolute atomic E-state index is 0.457. The van der Waals surface area contributed by atoms with Crippen LogP contribution in [0.5, 0.6) is 0 Å². The summed E-state index contributed by atoms with van der Waals surface area (Å²) >= 11 is 1.55. The van der Waals surface area contributed by atoms with Gasteiger partial charge in [0.25, 0.3) is 0 Å². The predicted octanol–water partition coefficient (Wildman–Crippen LogP) is 3.50.